The Morgan fingerprint density at radius 3 is 2.81 bits per heavy atom. The molecule has 0 aliphatic heterocycles. The Morgan fingerprint density at radius 1 is 1.27 bits per heavy atom. The normalized spacial score (nSPS) is 23.0. The van der Waals surface area contributed by atoms with Crippen molar-refractivity contribution in [3.8, 4) is 0 Å². The molecule has 26 heavy (non-hydrogen) atoms. The minimum absolute atomic E-state index is 0. The molecule has 140 valence electrons. The van der Waals surface area contributed by atoms with Gasteiger partial charge in [0.2, 0.25) is 0 Å². The summed E-state index contributed by atoms with van der Waals surface area (Å²) in [6.45, 7) is 4.84. The lowest BCUT2D eigenvalue weighted by atomic mass is 10.0. The van der Waals surface area contributed by atoms with Crippen LogP contribution in [-0.2, 0) is 20.0 Å². The standard InChI is InChI=1S/C21H28N4.HI/c1-4-22-21(25(3)14-16-9-7-11-24(16)2)23-13-19-18-12-15-8-5-6-10-17(15)20(18)19;/h5-11,18-20H,4,12-14H2,1-3H3,(H,22,23);1H. The number of nitrogens with one attached hydrogen (secondary N) is 1. The van der Waals surface area contributed by atoms with Gasteiger partial charge in [0.1, 0.15) is 0 Å². The maximum atomic E-state index is 4.96. The lowest BCUT2D eigenvalue weighted by Crippen LogP contribution is -2.39. The molecule has 0 amide bonds. The van der Waals surface area contributed by atoms with Crippen molar-refractivity contribution < 1.29 is 0 Å². The smallest absolute Gasteiger partial charge is 0.194 e. The molecule has 5 heteroatoms. The van der Waals surface area contributed by atoms with Gasteiger partial charge in [0, 0.05) is 39.1 Å². The Kier molecular flexibility index (Phi) is 5.95. The Balaban J connectivity index is 0.00000196. The van der Waals surface area contributed by atoms with Crippen molar-refractivity contribution >= 4 is 29.9 Å². The highest BCUT2D eigenvalue weighted by molar-refractivity contribution is 14.0. The number of benzene rings is 1. The molecule has 0 spiro atoms. The fourth-order valence-electron chi connectivity index (χ4n) is 4.37. The minimum Gasteiger partial charge on any atom is -0.357 e. The third kappa shape index (κ3) is 3.63. The number of aromatic nitrogens is 1. The van der Waals surface area contributed by atoms with Crippen LogP contribution in [0.4, 0.5) is 0 Å². The highest BCUT2D eigenvalue weighted by atomic mass is 127. The molecule has 1 fully saturated rings. The largest absolute Gasteiger partial charge is 0.357 e. The molecule has 0 radical (unpaired) electrons. The number of halogens is 1. The van der Waals surface area contributed by atoms with Gasteiger partial charge in [-0.25, -0.2) is 0 Å². The number of rotatable bonds is 5. The monoisotopic (exact) mass is 464 g/mol. The average molecular weight is 464 g/mol. The molecule has 2 aliphatic rings. The van der Waals surface area contributed by atoms with Crippen LogP contribution in [0.25, 0.3) is 0 Å². The summed E-state index contributed by atoms with van der Waals surface area (Å²) in [5, 5.41) is 3.45. The maximum absolute atomic E-state index is 4.96. The Labute approximate surface area is 173 Å². The first kappa shape index (κ1) is 19.3. The Morgan fingerprint density at radius 2 is 2.08 bits per heavy atom. The number of guanidine groups is 1. The second-order valence-electron chi connectivity index (χ2n) is 7.42. The van der Waals surface area contributed by atoms with Crippen LogP contribution in [0.3, 0.4) is 0 Å². The second kappa shape index (κ2) is 8.03. The van der Waals surface area contributed by atoms with Crippen LogP contribution in [-0.4, -0.2) is 35.6 Å². The predicted molar refractivity (Wildman–Crippen MR) is 118 cm³/mol. The third-order valence-corrected chi connectivity index (χ3v) is 5.80. The van der Waals surface area contributed by atoms with Crippen molar-refractivity contribution in [1.82, 2.24) is 14.8 Å². The lowest BCUT2D eigenvalue weighted by Gasteiger charge is -2.22. The molecule has 1 heterocycles. The molecule has 1 aromatic carbocycles. The van der Waals surface area contributed by atoms with Crippen molar-refractivity contribution in [2.45, 2.75) is 25.8 Å². The SMILES string of the molecule is CCNC(=NCC1C2Cc3ccccc3C12)N(C)Cc1cccn1C.I. The average Bonchev–Trinajstić information content (AvgIpc) is 2.92. The Bertz CT molecular complexity index is 782. The van der Waals surface area contributed by atoms with Gasteiger partial charge in [-0.2, -0.15) is 0 Å². The first-order valence-electron chi connectivity index (χ1n) is 9.36. The summed E-state index contributed by atoms with van der Waals surface area (Å²) in [6, 6.07) is 13.2. The van der Waals surface area contributed by atoms with E-state index in [4.69, 9.17) is 4.99 Å². The quantitative estimate of drug-likeness (QED) is 0.417. The maximum Gasteiger partial charge on any atom is 0.194 e. The van der Waals surface area contributed by atoms with Gasteiger partial charge in [-0.05, 0) is 54.4 Å². The van der Waals surface area contributed by atoms with Gasteiger partial charge in [-0.1, -0.05) is 24.3 Å². The molecule has 4 rings (SSSR count). The van der Waals surface area contributed by atoms with Crippen molar-refractivity contribution in [3.63, 3.8) is 0 Å². The number of nitrogens with zero attached hydrogens (tertiary/aromatic N) is 3. The molecular formula is C21H29IN4. The number of aryl methyl sites for hydroxylation is 1. The fraction of sp³-hybridized carbons (Fsp3) is 0.476. The number of hydrogen-bond donors (Lipinski definition) is 1. The van der Waals surface area contributed by atoms with Crippen molar-refractivity contribution in [2.24, 2.45) is 23.9 Å². The summed E-state index contributed by atoms with van der Waals surface area (Å²) < 4.78 is 2.17. The van der Waals surface area contributed by atoms with Gasteiger partial charge in [0.25, 0.3) is 0 Å². The number of fused-ring (bicyclic) bond motifs is 3. The van der Waals surface area contributed by atoms with Crippen molar-refractivity contribution in [3.05, 3.63) is 59.4 Å². The molecular weight excluding hydrogens is 435 g/mol. The molecule has 2 aliphatic carbocycles. The van der Waals surface area contributed by atoms with E-state index in [1.54, 1.807) is 11.1 Å². The van der Waals surface area contributed by atoms with Crippen molar-refractivity contribution in [2.75, 3.05) is 20.1 Å². The van der Waals surface area contributed by atoms with Crippen LogP contribution < -0.4 is 5.32 Å². The minimum atomic E-state index is 0. The van der Waals surface area contributed by atoms with Gasteiger partial charge in [0.05, 0.1) is 6.54 Å². The first-order chi connectivity index (χ1) is 12.2. The molecule has 3 unspecified atom stereocenters. The molecule has 0 bridgehead atoms. The zero-order chi connectivity index (χ0) is 17.4. The predicted octanol–water partition coefficient (Wildman–Crippen LogP) is 3.63. The van der Waals surface area contributed by atoms with Gasteiger partial charge < -0.3 is 14.8 Å². The molecule has 1 saturated carbocycles. The van der Waals surface area contributed by atoms with Crippen LogP contribution in [0.2, 0.25) is 0 Å². The van der Waals surface area contributed by atoms with Crippen LogP contribution in [0, 0.1) is 11.8 Å². The van der Waals surface area contributed by atoms with Crippen LogP contribution in [0.15, 0.2) is 47.6 Å². The third-order valence-electron chi connectivity index (χ3n) is 5.80. The van der Waals surface area contributed by atoms with Gasteiger partial charge in [-0.3, -0.25) is 4.99 Å². The van der Waals surface area contributed by atoms with Crippen LogP contribution >= 0.6 is 24.0 Å². The van der Waals surface area contributed by atoms with E-state index in [0.717, 1.165) is 43.3 Å². The van der Waals surface area contributed by atoms with E-state index < -0.39 is 0 Å². The van der Waals surface area contributed by atoms with E-state index in [2.05, 4.69) is 78.4 Å². The lowest BCUT2D eigenvalue weighted by molar-refractivity contribution is 0.460. The van der Waals surface area contributed by atoms with E-state index in [1.807, 2.05) is 0 Å². The first-order valence-corrected chi connectivity index (χ1v) is 9.36. The zero-order valence-corrected chi connectivity index (χ0v) is 18.2. The summed E-state index contributed by atoms with van der Waals surface area (Å²) >= 11 is 0. The second-order valence-corrected chi connectivity index (χ2v) is 7.42. The number of aliphatic imine (C=N–C) groups is 1. The Hall–Kier alpha value is -1.50. The van der Waals surface area contributed by atoms with Gasteiger partial charge in [-0.15, -0.1) is 24.0 Å². The summed E-state index contributed by atoms with van der Waals surface area (Å²) in [4.78, 5) is 7.19. The fourth-order valence-corrected chi connectivity index (χ4v) is 4.37. The summed E-state index contributed by atoms with van der Waals surface area (Å²) in [5.74, 6) is 3.32. The molecule has 3 atom stereocenters. The van der Waals surface area contributed by atoms with Crippen LogP contribution in [0.1, 0.15) is 29.7 Å². The summed E-state index contributed by atoms with van der Waals surface area (Å²) in [5.41, 5.74) is 4.44. The summed E-state index contributed by atoms with van der Waals surface area (Å²) in [6.07, 6.45) is 3.34. The highest BCUT2D eigenvalue weighted by Gasteiger charge is 2.54. The highest BCUT2D eigenvalue weighted by Crippen LogP contribution is 2.61. The molecule has 1 aromatic heterocycles. The topological polar surface area (TPSA) is 32.6 Å². The molecule has 4 nitrogen and oxygen atoms in total. The van der Waals surface area contributed by atoms with E-state index in [9.17, 15) is 0 Å². The summed E-state index contributed by atoms with van der Waals surface area (Å²) in [7, 11) is 4.22. The zero-order valence-electron chi connectivity index (χ0n) is 15.9. The molecule has 2 aromatic rings. The molecule has 0 saturated heterocycles. The van der Waals surface area contributed by atoms with E-state index in [-0.39, 0.29) is 24.0 Å². The van der Waals surface area contributed by atoms with E-state index >= 15 is 0 Å². The van der Waals surface area contributed by atoms with Crippen LogP contribution in [0.5, 0.6) is 0 Å². The van der Waals surface area contributed by atoms with Gasteiger partial charge in [0.15, 0.2) is 5.96 Å². The number of hydrogen-bond acceptors (Lipinski definition) is 1. The van der Waals surface area contributed by atoms with E-state index in [1.165, 1.54) is 12.1 Å². The van der Waals surface area contributed by atoms with Crippen molar-refractivity contribution in [1.29, 1.82) is 0 Å². The molecule has 1 N–H and O–H groups in total. The van der Waals surface area contributed by atoms with E-state index in [0.29, 0.717) is 0 Å². The van der Waals surface area contributed by atoms with Gasteiger partial charge >= 0.3 is 0 Å².